The normalized spacial score (nSPS) is 11.2. The number of ether oxygens (including phenoxy) is 1. The SMILES string of the molecule is COc1ccc(-c2n[nH]c(CNC(=O)CS(=O)(=O)c3ccc(Cl)cc3)n2)cc1. The van der Waals surface area contributed by atoms with Gasteiger partial charge in [0.2, 0.25) is 5.91 Å². The third-order valence-electron chi connectivity index (χ3n) is 3.83. The molecule has 8 nitrogen and oxygen atoms in total. The zero-order chi connectivity index (χ0) is 20.1. The molecular weight excluding hydrogens is 404 g/mol. The van der Waals surface area contributed by atoms with Crippen molar-refractivity contribution in [3.63, 3.8) is 0 Å². The van der Waals surface area contributed by atoms with Gasteiger partial charge < -0.3 is 10.1 Å². The molecule has 0 saturated heterocycles. The van der Waals surface area contributed by atoms with Crippen LogP contribution in [0.4, 0.5) is 0 Å². The van der Waals surface area contributed by atoms with Crippen LogP contribution in [0.2, 0.25) is 5.02 Å². The summed E-state index contributed by atoms with van der Waals surface area (Å²) in [4.78, 5) is 16.3. The monoisotopic (exact) mass is 420 g/mol. The van der Waals surface area contributed by atoms with Crippen LogP contribution in [0.3, 0.4) is 0 Å². The van der Waals surface area contributed by atoms with E-state index in [1.807, 2.05) is 12.1 Å². The van der Waals surface area contributed by atoms with Crippen LogP contribution < -0.4 is 10.1 Å². The maximum atomic E-state index is 12.3. The Morgan fingerprint density at radius 2 is 1.82 bits per heavy atom. The molecule has 2 N–H and O–H groups in total. The number of amides is 1. The number of hydrogen-bond donors (Lipinski definition) is 2. The predicted octanol–water partition coefficient (Wildman–Crippen LogP) is 2.22. The number of methoxy groups -OCH3 is 1. The van der Waals surface area contributed by atoms with Crippen LogP contribution in [0, 0.1) is 0 Å². The second-order valence-electron chi connectivity index (χ2n) is 5.82. The van der Waals surface area contributed by atoms with Crippen molar-refractivity contribution in [2.24, 2.45) is 0 Å². The van der Waals surface area contributed by atoms with Crippen LogP contribution >= 0.6 is 11.6 Å². The maximum Gasteiger partial charge on any atom is 0.235 e. The van der Waals surface area contributed by atoms with E-state index in [-0.39, 0.29) is 11.4 Å². The van der Waals surface area contributed by atoms with E-state index in [4.69, 9.17) is 16.3 Å². The minimum atomic E-state index is -3.75. The molecule has 0 spiro atoms. The highest BCUT2D eigenvalue weighted by atomic mass is 35.5. The predicted molar refractivity (Wildman–Crippen MR) is 104 cm³/mol. The molecule has 3 aromatic rings. The zero-order valence-corrected chi connectivity index (χ0v) is 16.4. The molecule has 28 heavy (non-hydrogen) atoms. The summed E-state index contributed by atoms with van der Waals surface area (Å²) in [6, 6.07) is 12.8. The highest BCUT2D eigenvalue weighted by Crippen LogP contribution is 2.19. The summed E-state index contributed by atoms with van der Waals surface area (Å²) in [6.45, 7) is 0.0259. The van der Waals surface area contributed by atoms with E-state index in [0.717, 1.165) is 5.56 Å². The molecule has 146 valence electrons. The van der Waals surface area contributed by atoms with Gasteiger partial charge in [0.1, 0.15) is 17.3 Å². The van der Waals surface area contributed by atoms with E-state index in [9.17, 15) is 13.2 Å². The van der Waals surface area contributed by atoms with Gasteiger partial charge in [0.25, 0.3) is 0 Å². The molecule has 1 heterocycles. The number of hydrogen-bond acceptors (Lipinski definition) is 6. The van der Waals surface area contributed by atoms with Gasteiger partial charge in [0.05, 0.1) is 18.6 Å². The number of nitrogens with one attached hydrogen (secondary N) is 2. The Labute approximate surface area is 166 Å². The van der Waals surface area contributed by atoms with E-state index < -0.39 is 21.5 Å². The van der Waals surface area contributed by atoms with Gasteiger partial charge in [0, 0.05) is 10.6 Å². The van der Waals surface area contributed by atoms with E-state index in [1.165, 1.54) is 24.3 Å². The average Bonchev–Trinajstić information content (AvgIpc) is 3.15. The minimum absolute atomic E-state index is 0.0259. The Kier molecular flexibility index (Phi) is 5.96. The molecule has 10 heteroatoms. The number of benzene rings is 2. The first-order chi connectivity index (χ1) is 13.4. The third-order valence-corrected chi connectivity index (χ3v) is 5.71. The Morgan fingerprint density at radius 3 is 2.46 bits per heavy atom. The number of carbonyl (C=O) groups is 1. The minimum Gasteiger partial charge on any atom is -0.497 e. The largest absolute Gasteiger partial charge is 0.497 e. The number of carbonyl (C=O) groups excluding carboxylic acids is 1. The van der Waals surface area contributed by atoms with Crippen LogP contribution in [0.15, 0.2) is 53.4 Å². The van der Waals surface area contributed by atoms with Gasteiger partial charge in [-0.3, -0.25) is 9.89 Å². The number of H-pyrrole nitrogens is 1. The van der Waals surface area contributed by atoms with Crippen LogP contribution in [0.5, 0.6) is 5.75 Å². The summed E-state index contributed by atoms with van der Waals surface area (Å²) < 4.78 is 29.6. The first-order valence-electron chi connectivity index (χ1n) is 8.18. The van der Waals surface area contributed by atoms with Crippen molar-refractivity contribution in [1.82, 2.24) is 20.5 Å². The topological polar surface area (TPSA) is 114 Å². The lowest BCUT2D eigenvalue weighted by molar-refractivity contribution is -0.118. The lowest BCUT2D eigenvalue weighted by atomic mass is 10.2. The van der Waals surface area contributed by atoms with Crippen molar-refractivity contribution in [3.8, 4) is 17.1 Å². The van der Waals surface area contributed by atoms with Crippen molar-refractivity contribution in [2.45, 2.75) is 11.4 Å². The number of halogens is 1. The fourth-order valence-electron chi connectivity index (χ4n) is 2.37. The summed E-state index contributed by atoms with van der Waals surface area (Å²) in [6.07, 6.45) is 0. The lowest BCUT2D eigenvalue weighted by Crippen LogP contribution is -2.30. The van der Waals surface area contributed by atoms with Gasteiger partial charge in [-0.05, 0) is 48.5 Å². The van der Waals surface area contributed by atoms with E-state index in [0.29, 0.717) is 22.4 Å². The van der Waals surface area contributed by atoms with Gasteiger partial charge in [0.15, 0.2) is 15.7 Å². The second-order valence-corrected chi connectivity index (χ2v) is 8.25. The molecule has 1 aromatic heterocycles. The molecule has 0 unspecified atom stereocenters. The molecule has 0 bridgehead atoms. The summed E-state index contributed by atoms with van der Waals surface area (Å²) >= 11 is 5.75. The molecule has 2 aromatic carbocycles. The Hall–Kier alpha value is -2.91. The third kappa shape index (κ3) is 4.87. The summed E-state index contributed by atoms with van der Waals surface area (Å²) in [5.74, 6) is 0.267. The number of nitrogens with zero attached hydrogens (tertiary/aromatic N) is 2. The number of sulfone groups is 1. The molecule has 0 radical (unpaired) electrons. The van der Waals surface area contributed by atoms with Gasteiger partial charge in [-0.15, -0.1) is 0 Å². The molecule has 0 fully saturated rings. The maximum absolute atomic E-state index is 12.3. The highest BCUT2D eigenvalue weighted by Gasteiger charge is 2.19. The van der Waals surface area contributed by atoms with Gasteiger partial charge in [-0.1, -0.05) is 11.6 Å². The van der Waals surface area contributed by atoms with Gasteiger partial charge >= 0.3 is 0 Å². The Morgan fingerprint density at radius 1 is 1.14 bits per heavy atom. The molecule has 0 atom stereocenters. The quantitative estimate of drug-likeness (QED) is 0.605. The number of aromatic amines is 1. The first-order valence-corrected chi connectivity index (χ1v) is 10.2. The number of aromatic nitrogens is 3. The molecule has 0 aliphatic heterocycles. The second kappa shape index (κ2) is 8.41. The molecule has 1 amide bonds. The van der Waals surface area contributed by atoms with Crippen molar-refractivity contribution in [3.05, 3.63) is 59.4 Å². The highest BCUT2D eigenvalue weighted by molar-refractivity contribution is 7.92. The van der Waals surface area contributed by atoms with Crippen LogP contribution in [0.25, 0.3) is 11.4 Å². The van der Waals surface area contributed by atoms with Gasteiger partial charge in [-0.2, -0.15) is 5.10 Å². The van der Waals surface area contributed by atoms with Crippen molar-refractivity contribution >= 4 is 27.3 Å². The molecule has 0 aliphatic carbocycles. The molecule has 0 aliphatic rings. The smallest absolute Gasteiger partial charge is 0.235 e. The first kappa shape index (κ1) is 19.8. The summed E-state index contributed by atoms with van der Waals surface area (Å²) in [5.41, 5.74) is 0.778. The Bertz CT molecular complexity index is 1060. The van der Waals surface area contributed by atoms with Crippen molar-refractivity contribution in [2.75, 3.05) is 12.9 Å². The van der Waals surface area contributed by atoms with Crippen molar-refractivity contribution in [1.29, 1.82) is 0 Å². The van der Waals surface area contributed by atoms with Gasteiger partial charge in [-0.25, -0.2) is 13.4 Å². The van der Waals surface area contributed by atoms with Crippen LogP contribution in [-0.2, 0) is 21.2 Å². The standard InChI is InChI=1S/C18H17ClN4O4S/c1-27-14-6-2-12(3-7-14)18-21-16(22-23-18)10-20-17(24)11-28(25,26)15-8-4-13(19)5-9-15/h2-9H,10-11H2,1H3,(H,20,24)(H,21,22,23). The fraction of sp³-hybridized carbons (Fsp3) is 0.167. The molecular formula is C18H17ClN4O4S. The molecule has 3 rings (SSSR count). The van der Waals surface area contributed by atoms with Crippen LogP contribution in [0.1, 0.15) is 5.82 Å². The average molecular weight is 421 g/mol. The van der Waals surface area contributed by atoms with E-state index in [2.05, 4.69) is 20.5 Å². The van der Waals surface area contributed by atoms with Crippen LogP contribution in [-0.4, -0.2) is 42.4 Å². The number of rotatable bonds is 7. The summed E-state index contributed by atoms with van der Waals surface area (Å²) in [7, 11) is -2.17. The Balaban J connectivity index is 1.59. The zero-order valence-electron chi connectivity index (χ0n) is 14.8. The fourth-order valence-corrected chi connectivity index (χ4v) is 3.67. The summed E-state index contributed by atoms with van der Waals surface area (Å²) in [5, 5.41) is 9.75. The van der Waals surface area contributed by atoms with E-state index in [1.54, 1.807) is 19.2 Å². The van der Waals surface area contributed by atoms with E-state index >= 15 is 0 Å². The lowest BCUT2D eigenvalue weighted by Gasteiger charge is -2.05. The molecule has 0 saturated carbocycles. The van der Waals surface area contributed by atoms with Crippen molar-refractivity contribution < 1.29 is 17.9 Å².